The minimum atomic E-state index is -0.988. The number of aliphatic hydroxyl groups is 1. The fourth-order valence-electron chi connectivity index (χ4n) is 3.22. The SMILES string of the molecule is O=C(O)COc1ccc2c(c1)C[C@@H](NC[C@@H](O)c1ccc(Cl)cc1)CC2. The van der Waals surface area contributed by atoms with Crippen molar-refractivity contribution in [3.8, 4) is 5.75 Å². The number of hydrogen-bond acceptors (Lipinski definition) is 4. The maximum atomic E-state index is 10.6. The van der Waals surface area contributed by atoms with Crippen molar-refractivity contribution >= 4 is 17.6 Å². The van der Waals surface area contributed by atoms with E-state index in [4.69, 9.17) is 21.4 Å². The Morgan fingerprint density at radius 1 is 1.23 bits per heavy atom. The van der Waals surface area contributed by atoms with Gasteiger partial charge in [0, 0.05) is 17.6 Å². The molecule has 0 bridgehead atoms. The first-order chi connectivity index (χ1) is 12.5. The predicted octanol–water partition coefficient (Wildman–Crippen LogP) is 2.98. The number of benzene rings is 2. The van der Waals surface area contributed by atoms with Crippen molar-refractivity contribution in [2.24, 2.45) is 0 Å². The number of hydrogen-bond donors (Lipinski definition) is 3. The van der Waals surface area contributed by atoms with E-state index in [-0.39, 0.29) is 12.6 Å². The van der Waals surface area contributed by atoms with E-state index in [9.17, 15) is 9.90 Å². The third kappa shape index (κ3) is 4.97. The molecule has 0 aromatic heterocycles. The first kappa shape index (κ1) is 18.7. The van der Waals surface area contributed by atoms with Crippen molar-refractivity contribution < 1.29 is 19.7 Å². The van der Waals surface area contributed by atoms with Crippen LogP contribution in [0.25, 0.3) is 0 Å². The van der Waals surface area contributed by atoms with Gasteiger partial charge in [-0.05, 0) is 60.2 Å². The molecule has 0 radical (unpaired) electrons. The molecule has 1 aliphatic carbocycles. The smallest absolute Gasteiger partial charge is 0.341 e. The van der Waals surface area contributed by atoms with E-state index in [1.165, 1.54) is 5.56 Å². The van der Waals surface area contributed by atoms with Crippen LogP contribution < -0.4 is 10.1 Å². The van der Waals surface area contributed by atoms with E-state index >= 15 is 0 Å². The van der Waals surface area contributed by atoms with E-state index in [1.54, 1.807) is 12.1 Å². The summed E-state index contributed by atoms with van der Waals surface area (Å²) >= 11 is 5.88. The number of carboxylic acid groups (broad SMARTS) is 1. The minimum absolute atomic E-state index is 0.263. The molecule has 0 unspecified atom stereocenters. The average molecular weight is 376 g/mol. The number of ether oxygens (including phenoxy) is 1. The second-order valence-electron chi connectivity index (χ2n) is 6.53. The van der Waals surface area contributed by atoms with Crippen LogP contribution in [0.5, 0.6) is 5.75 Å². The lowest BCUT2D eigenvalue weighted by Gasteiger charge is -2.27. The molecule has 0 heterocycles. The summed E-state index contributed by atoms with van der Waals surface area (Å²) in [4.78, 5) is 10.6. The maximum absolute atomic E-state index is 10.6. The van der Waals surface area contributed by atoms with E-state index in [1.807, 2.05) is 30.3 Å². The van der Waals surface area contributed by atoms with Crippen LogP contribution in [0.2, 0.25) is 5.02 Å². The summed E-state index contributed by atoms with van der Waals surface area (Å²) in [5.41, 5.74) is 3.27. The second-order valence-corrected chi connectivity index (χ2v) is 6.96. The Bertz CT molecular complexity index is 763. The summed E-state index contributed by atoms with van der Waals surface area (Å²) in [5, 5.41) is 23.1. The largest absolute Gasteiger partial charge is 0.482 e. The van der Waals surface area contributed by atoms with E-state index in [0.717, 1.165) is 30.4 Å². The summed E-state index contributed by atoms with van der Waals surface area (Å²) in [7, 11) is 0. The van der Waals surface area contributed by atoms with Gasteiger partial charge in [-0.2, -0.15) is 0 Å². The van der Waals surface area contributed by atoms with Crippen LogP contribution in [-0.4, -0.2) is 35.4 Å². The van der Waals surface area contributed by atoms with Crippen LogP contribution in [0, 0.1) is 0 Å². The summed E-state index contributed by atoms with van der Waals surface area (Å²) in [6.45, 7) is 0.130. The molecule has 0 fully saturated rings. The van der Waals surface area contributed by atoms with Crippen molar-refractivity contribution in [1.29, 1.82) is 0 Å². The third-order valence-corrected chi connectivity index (χ3v) is 4.88. The molecule has 3 N–H and O–H groups in total. The van der Waals surface area contributed by atoms with Crippen LogP contribution in [0.15, 0.2) is 42.5 Å². The highest BCUT2D eigenvalue weighted by atomic mass is 35.5. The molecule has 26 heavy (non-hydrogen) atoms. The summed E-state index contributed by atoms with van der Waals surface area (Å²) < 4.78 is 5.26. The zero-order valence-electron chi connectivity index (χ0n) is 14.3. The van der Waals surface area contributed by atoms with Gasteiger partial charge in [0.2, 0.25) is 0 Å². The monoisotopic (exact) mass is 375 g/mol. The Labute approximate surface area is 157 Å². The second kappa shape index (κ2) is 8.54. The molecule has 0 saturated carbocycles. The van der Waals surface area contributed by atoms with Crippen molar-refractivity contribution in [3.05, 3.63) is 64.2 Å². The molecule has 138 valence electrons. The average Bonchev–Trinajstić information content (AvgIpc) is 2.64. The van der Waals surface area contributed by atoms with Gasteiger partial charge in [-0.1, -0.05) is 29.8 Å². The van der Waals surface area contributed by atoms with Gasteiger partial charge in [-0.15, -0.1) is 0 Å². The van der Waals surface area contributed by atoms with Gasteiger partial charge in [0.15, 0.2) is 6.61 Å². The Morgan fingerprint density at radius 2 is 2.00 bits per heavy atom. The molecular weight excluding hydrogens is 354 g/mol. The lowest BCUT2D eigenvalue weighted by molar-refractivity contribution is -0.139. The van der Waals surface area contributed by atoms with Crippen LogP contribution >= 0.6 is 11.6 Å². The van der Waals surface area contributed by atoms with Crippen LogP contribution in [-0.2, 0) is 17.6 Å². The fourth-order valence-corrected chi connectivity index (χ4v) is 3.35. The Hall–Kier alpha value is -2.08. The number of halogens is 1. The molecule has 3 rings (SSSR count). The Balaban J connectivity index is 1.56. The van der Waals surface area contributed by atoms with Gasteiger partial charge < -0.3 is 20.3 Å². The molecule has 2 atom stereocenters. The van der Waals surface area contributed by atoms with E-state index in [2.05, 4.69) is 5.32 Å². The maximum Gasteiger partial charge on any atom is 0.341 e. The zero-order valence-corrected chi connectivity index (χ0v) is 15.1. The number of aliphatic carboxylic acids is 1. The van der Waals surface area contributed by atoms with Crippen molar-refractivity contribution in [2.75, 3.05) is 13.2 Å². The topological polar surface area (TPSA) is 78.8 Å². The van der Waals surface area contributed by atoms with Crippen molar-refractivity contribution in [3.63, 3.8) is 0 Å². The van der Waals surface area contributed by atoms with Gasteiger partial charge in [0.05, 0.1) is 6.10 Å². The van der Waals surface area contributed by atoms with Gasteiger partial charge in [0.25, 0.3) is 0 Å². The van der Waals surface area contributed by atoms with Gasteiger partial charge >= 0.3 is 5.97 Å². The van der Waals surface area contributed by atoms with Gasteiger partial charge in [-0.3, -0.25) is 0 Å². The molecule has 5 nitrogen and oxygen atoms in total. The quantitative estimate of drug-likeness (QED) is 0.693. The molecule has 1 aliphatic rings. The number of carbonyl (C=O) groups is 1. The van der Waals surface area contributed by atoms with E-state index in [0.29, 0.717) is 17.3 Å². The first-order valence-electron chi connectivity index (χ1n) is 8.64. The van der Waals surface area contributed by atoms with E-state index < -0.39 is 12.1 Å². The lowest BCUT2D eigenvalue weighted by atomic mass is 9.88. The Kier molecular flexibility index (Phi) is 6.14. The van der Waals surface area contributed by atoms with Crippen molar-refractivity contribution in [1.82, 2.24) is 5.32 Å². The zero-order chi connectivity index (χ0) is 18.5. The molecule has 2 aromatic rings. The standard InChI is InChI=1S/C20H22ClNO4/c21-16-5-1-14(2-6-16)19(23)11-22-17-7-3-13-4-8-18(10-15(13)9-17)26-12-20(24)25/h1-2,4-6,8,10,17,19,22-23H,3,7,9,11-12H2,(H,24,25)/t17-,19+/m0/s1. The first-order valence-corrected chi connectivity index (χ1v) is 9.02. The normalized spacial score (nSPS) is 17.4. The molecule has 0 spiro atoms. The summed E-state index contributed by atoms with van der Waals surface area (Å²) in [6.07, 6.45) is 2.19. The number of rotatable bonds is 7. The minimum Gasteiger partial charge on any atom is -0.482 e. The van der Waals surface area contributed by atoms with Crippen LogP contribution in [0.3, 0.4) is 0 Å². The number of aliphatic hydroxyl groups excluding tert-OH is 1. The highest BCUT2D eigenvalue weighted by Gasteiger charge is 2.20. The third-order valence-electron chi connectivity index (χ3n) is 4.62. The molecule has 2 aromatic carbocycles. The fraction of sp³-hybridized carbons (Fsp3) is 0.350. The number of fused-ring (bicyclic) bond motifs is 1. The summed E-state index contributed by atoms with van der Waals surface area (Å²) in [6, 6.07) is 13.2. The predicted molar refractivity (Wildman–Crippen MR) is 99.8 cm³/mol. The molecule has 0 amide bonds. The lowest BCUT2D eigenvalue weighted by Crippen LogP contribution is -2.37. The highest BCUT2D eigenvalue weighted by Crippen LogP contribution is 2.26. The Morgan fingerprint density at radius 3 is 2.73 bits per heavy atom. The molecule has 0 saturated heterocycles. The van der Waals surface area contributed by atoms with Crippen LogP contribution in [0.1, 0.15) is 29.2 Å². The van der Waals surface area contributed by atoms with Crippen molar-refractivity contribution in [2.45, 2.75) is 31.4 Å². The summed E-state index contributed by atoms with van der Waals surface area (Å²) in [5.74, 6) is -0.411. The van der Waals surface area contributed by atoms with Gasteiger partial charge in [0.1, 0.15) is 5.75 Å². The number of aryl methyl sites for hydroxylation is 1. The molecular formula is C20H22ClNO4. The van der Waals surface area contributed by atoms with Gasteiger partial charge in [-0.25, -0.2) is 4.79 Å². The van der Waals surface area contributed by atoms with Crippen LogP contribution in [0.4, 0.5) is 0 Å². The molecule has 0 aliphatic heterocycles. The number of nitrogens with one attached hydrogen (secondary N) is 1. The highest BCUT2D eigenvalue weighted by molar-refractivity contribution is 6.30. The number of carboxylic acids is 1. The molecule has 6 heteroatoms.